The maximum atomic E-state index is 6.49. The van der Waals surface area contributed by atoms with Crippen molar-refractivity contribution in [2.24, 2.45) is 10.8 Å². The van der Waals surface area contributed by atoms with E-state index >= 15 is 0 Å². The van der Waals surface area contributed by atoms with Crippen molar-refractivity contribution in [3.63, 3.8) is 0 Å². The van der Waals surface area contributed by atoms with Gasteiger partial charge in [0.15, 0.2) is 0 Å². The van der Waals surface area contributed by atoms with Gasteiger partial charge in [0, 0.05) is 10.8 Å². The summed E-state index contributed by atoms with van der Waals surface area (Å²) in [5.41, 5.74) is 9.15. The van der Waals surface area contributed by atoms with Crippen LogP contribution in [0.1, 0.15) is 52.7 Å². The summed E-state index contributed by atoms with van der Waals surface area (Å²) in [5.74, 6) is 0.923. The molecule has 0 saturated carbocycles. The van der Waals surface area contributed by atoms with Crippen LogP contribution in [0.25, 0.3) is 50.0 Å². The van der Waals surface area contributed by atoms with E-state index in [-0.39, 0.29) is 10.8 Å². The van der Waals surface area contributed by atoms with Crippen LogP contribution in [0.5, 0.6) is 0 Å². The zero-order valence-corrected chi connectivity index (χ0v) is 23.3. The van der Waals surface area contributed by atoms with E-state index < -0.39 is 0 Å². The van der Waals surface area contributed by atoms with E-state index in [1.165, 1.54) is 16.8 Å². The Balaban J connectivity index is 1.72. The van der Waals surface area contributed by atoms with Gasteiger partial charge in [0.2, 0.25) is 0 Å². The van der Waals surface area contributed by atoms with Gasteiger partial charge in [0.05, 0.1) is 22.3 Å². The monoisotopic (exact) mass is 500 g/mol. The molecule has 0 aliphatic heterocycles. The summed E-state index contributed by atoms with van der Waals surface area (Å²) in [6.07, 6.45) is 1.95. The van der Waals surface area contributed by atoms with Crippen LogP contribution in [0.4, 0.5) is 0 Å². The van der Waals surface area contributed by atoms with E-state index in [2.05, 4.69) is 119 Å². The normalized spacial score (nSPS) is 12.7. The van der Waals surface area contributed by atoms with E-state index in [9.17, 15) is 0 Å². The zero-order valence-electron chi connectivity index (χ0n) is 23.3. The molecule has 3 nitrogen and oxygen atoms in total. The van der Waals surface area contributed by atoms with Gasteiger partial charge < -0.3 is 4.42 Å². The molecule has 0 N–H and O–H groups in total. The Morgan fingerprint density at radius 3 is 1.97 bits per heavy atom. The molecule has 0 aliphatic rings. The van der Waals surface area contributed by atoms with Gasteiger partial charge in [-0.1, -0.05) is 102 Å². The summed E-state index contributed by atoms with van der Waals surface area (Å²) in [6, 6.07) is 30.0. The first kappa shape index (κ1) is 24.5. The fraction of sp³-hybridized carbons (Fsp3) is 0.286. The highest BCUT2D eigenvalue weighted by Gasteiger charge is 2.25. The van der Waals surface area contributed by atoms with Crippen molar-refractivity contribution in [1.29, 1.82) is 0 Å². The Bertz CT molecular complexity index is 1750. The molecule has 4 aromatic carbocycles. The Morgan fingerprint density at radius 1 is 0.658 bits per heavy atom. The number of fused-ring (bicyclic) bond motifs is 4. The summed E-state index contributed by atoms with van der Waals surface area (Å²) in [4.78, 5) is 5.26. The third kappa shape index (κ3) is 4.41. The molecule has 2 aromatic heterocycles. The lowest BCUT2D eigenvalue weighted by atomic mass is 9.83. The van der Waals surface area contributed by atoms with Gasteiger partial charge in [0.1, 0.15) is 17.0 Å². The average molecular weight is 501 g/mol. The first-order chi connectivity index (χ1) is 18.1. The van der Waals surface area contributed by atoms with Gasteiger partial charge in [-0.25, -0.2) is 4.98 Å². The summed E-state index contributed by atoms with van der Waals surface area (Å²) in [5, 5.41) is 2.25. The molecule has 0 unspecified atom stereocenters. The minimum Gasteiger partial charge on any atom is -0.455 e. The van der Waals surface area contributed by atoms with Gasteiger partial charge in [-0.15, -0.1) is 0 Å². The SMILES string of the molecule is CC(C)(C)Cc1cccc(CC(C)(C)C)c1-n1c(-c2cccc3c2oc2ccccc23)nc2ccccc21. The molecule has 2 heterocycles. The lowest BCUT2D eigenvalue weighted by Gasteiger charge is -2.26. The van der Waals surface area contributed by atoms with E-state index in [1.807, 2.05) is 12.1 Å². The van der Waals surface area contributed by atoms with Crippen LogP contribution >= 0.6 is 0 Å². The first-order valence-electron chi connectivity index (χ1n) is 13.6. The van der Waals surface area contributed by atoms with Gasteiger partial charge in [-0.2, -0.15) is 0 Å². The van der Waals surface area contributed by atoms with E-state index in [4.69, 9.17) is 9.40 Å². The molecule has 0 spiro atoms. The van der Waals surface area contributed by atoms with Crippen LogP contribution < -0.4 is 0 Å². The molecule has 0 radical (unpaired) electrons. The largest absolute Gasteiger partial charge is 0.455 e. The summed E-state index contributed by atoms with van der Waals surface area (Å²) in [6.45, 7) is 13.9. The predicted octanol–water partition coefficient (Wildman–Crippen LogP) is 9.77. The topological polar surface area (TPSA) is 31.0 Å². The molecule has 0 bridgehead atoms. The number of imidazole rings is 1. The van der Waals surface area contributed by atoms with Crippen LogP contribution in [0.2, 0.25) is 0 Å². The number of aromatic nitrogens is 2. The number of benzene rings is 4. The van der Waals surface area contributed by atoms with Crippen molar-refractivity contribution < 1.29 is 4.42 Å². The maximum Gasteiger partial charge on any atom is 0.149 e. The molecular formula is C35H36N2O. The third-order valence-electron chi connectivity index (χ3n) is 7.07. The van der Waals surface area contributed by atoms with Crippen LogP contribution in [0.15, 0.2) is 89.3 Å². The number of rotatable bonds is 4. The number of para-hydroxylation sites is 5. The van der Waals surface area contributed by atoms with Gasteiger partial charge in [0.25, 0.3) is 0 Å². The average Bonchev–Trinajstić information content (AvgIpc) is 3.41. The molecule has 3 heteroatoms. The smallest absolute Gasteiger partial charge is 0.149 e. The second-order valence-corrected chi connectivity index (χ2v) is 12.9. The molecule has 38 heavy (non-hydrogen) atoms. The summed E-state index contributed by atoms with van der Waals surface area (Å²) in [7, 11) is 0. The molecule has 0 aliphatic carbocycles. The van der Waals surface area contributed by atoms with E-state index in [0.29, 0.717) is 0 Å². The highest BCUT2D eigenvalue weighted by Crippen LogP contribution is 2.40. The lowest BCUT2D eigenvalue weighted by Crippen LogP contribution is -2.17. The fourth-order valence-corrected chi connectivity index (χ4v) is 5.72. The second kappa shape index (κ2) is 8.87. The number of furan rings is 1. The second-order valence-electron chi connectivity index (χ2n) is 12.9. The molecule has 0 atom stereocenters. The van der Waals surface area contributed by atoms with Crippen LogP contribution in [-0.4, -0.2) is 9.55 Å². The Labute approximate surface area is 225 Å². The van der Waals surface area contributed by atoms with Gasteiger partial charge in [-0.05, 0) is 59.1 Å². The van der Waals surface area contributed by atoms with Crippen molar-refractivity contribution >= 4 is 33.0 Å². The standard InChI is InChI=1S/C35H36N2O/c1-34(2,3)21-23-13-11-14-24(22-35(4,5)6)31(23)37-29-19-9-8-18-28(29)36-33(37)27-17-12-16-26-25-15-7-10-20-30(25)38-32(26)27/h7-20H,21-22H2,1-6H3. The third-order valence-corrected chi connectivity index (χ3v) is 7.07. The lowest BCUT2D eigenvalue weighted by molar-refractivity contribution is 0.405. The van der Waals surface area contributed by atoms with Crippen molar-refractivity contribution in [3.05, 3.63) is 96.1 Å². The van der Waals surface area contributed by atoms with Crippen LogP contribution in [-0.2, 0) is 12.8 Å². The van der Waals surface area contributed by atoms with E-state index in [0.717, 1.165) is 57.2 Å². The Morgan fingerprint density at radius 2 is 1.26 bits per heavy atom. The molecule has 0 amide bonds. The van der Waals surface area contributed by atoms with E-state index in [1.54, 1.807) is 0 Å². The molecular weight excluding hydrogens is 464 g/mol. The van der Waals surface area contributed by atoms with Crippen LogP contribution in [0.3, 0.4) is 0 Å². The molecule has 0 fully saturated rings. The van der Waals surface area contributed by atoms with Crippen molar-refractivity contribution in [1.82, 2.24) is 9.55 Å². The molecule has 6 aromatic rings. The quantitative estimate of drug-likeness (QED) is 0.241. The Kier molecular flexibility index (Phi) is 5.72. The number of hydrogen-bond donors (Lipinski definition) is 0. The fourth-order valence-electron chi connectivity index (χ4n) is 5.72. The Hall–Kier alpha value is -3.85. The summed E-state index contributed by atoms with van der Waals surface area (Å²) < 4.78 is 8.90. The number of hydrogen-bond acceptors (Lipinski definition) is 2. The first-order valence-corrected chi connectivity index (χ1v) is 13.6. The van der Waals surface area contributed by atoms with Crippen LogP contribution in [0, 0.1) is 10.8 Å². The predicted molar refractivity (Wildman–Crippen MR) is 160 cm³/mol. The minimum atomic E-state index is 0.143. The van der Waals surface area contributed by atoms with Gasteiger partial charge in [-0.3, -0.25) is 4.57 Å². The van der Waals surface area contributed by atoms with Crippen molar-refractivity contribution in [3.8, 4) is 17.1 Å². The number of nitrogens with zero attached hydrogens (tertiary/aromatic N) is 2. The maximum absolute atomic E-state index is 6.49. The molecule has 0 saturated heterocycles. The highest BCUT2D eigenvalue weighted by atomic mass is 16.3. The van der Waals surface area contributed by atoms with Gasteiger partial charge >= 0.3 is 0 Å². The molecule has 192 valence electrons. The minimum absolute atomic E-state index is 0.143. The van der Waals surface area contributed by atoms with Crippen molar-refractivity contribution in [2.75, 3.05) is 0 Å². The highest BCUT2D eigenvalue weighted by molar-refractivity contribution is 6.09. The zero-order chi connectivity index (χ0) is 26.7. The molecule has 6 rings (SSSR count). The summed E-state index contributed by atoms with van der Waals surface area (Å²) >= 11 is 0. The van der Waals surface area contributed by atoms with Crippen molar-refractivity contribution in [2.45, 2.75) is 54.4 Å².